The molecule has 0 saturated carbocycles. The van der Waals surface area contributed by atoms with E-state index in [9.17, 15) is 0 Å². The maximum Gasteiger partial charge on any atom is 0.0263 e. The van der Waals surface area contributed by atoms with E-state index in [0.29, 0.717) is 0 Å². The van der Waals surface area contributed by atoms with Gasteiger partial charge in [-0.05, 0) is 11.8 Å². The molecule has 0 bridgehead atoms. The van der Waals surface area contributed by atoms with Gasteiger partial charge in [0.05, 0.1) is 0 Å². The maximum absolute atomic E-state index is 2.97. The molecule has 0 radical (unpaired) electrons. The van der Waals surface area contributed by atoms with Crippen LogP contribution in [0.4, 0.5) is 0 Å². The van der Waals surface area contributed by atoms with Crippen LogP contribution in [0.2, 0.25) is 0 Å². The third kappa shape index (κ3) is 0.627. The summed E-state index contributed by atoms with van der Waals surface area (Å²) in [5.74, 6) is 0. The summed E-state index contributed by atoms with van der Waals surface area (Å²) >= 11 is 1.31. The van der Waals surface area contributed by atoms with E-state index >= 15 is 0 Å². The van der Waals surface area contributed by atoms with Crippen LogP contribution in [-0.2, 0) is 0 Å². The van der Waals surface area contributed by atoms with Crippen LogP contribution in [0, 0.1) is 0 Å². The van der Waals surface area contributed by atoms with Gasteiger partial charge in [-0.2, -0.15) is 11.4 Å². The van der Waals surface area contributed by atoms with Gasteiger partial charge < -0.3 is 5.32 Å². The van der Waals surface area contributed by atoms with Crippen LogP contribution in [0.15, 0.2) is 11.1 Å². The summed E-state index contributed by atoms with van der Waals surface area (Å²) in [6.45, 7) is 2.10. The molecule has 0 spiro atoms. The summed E-state index contributed by atoms with van der Waals surface area (Å²) < 4.78 is 0. The van der Waals surface area contributed by atoms with Crippen molar-refractivity contribution >= 4 is 16.8 Å². The van der Waals surface area contributed by atoms with E-state index in [1.807, 2.05) is 11.7 Å². The fourth-order valence-corrected chi connectivity index (χ4v) is 0.836. The molecule has 34 valence electrons. The molecule has 0 aliphatic carbocycles. The SMILES string of the molecule is CC1=CNC=[SH]1. The Morgan fingerprint density at radius 3 is 2.83 bits per heavy atom. The second-order valence-corrected chi connectivity index (χ2v) is 2.43. The Morgan fingerprint density at radius 2 is 2.67 bits per heavy atom. The summed E-state index contributed by atoms with van der Waals surface area (Å²) in [6.07, 6.45) is 2.00. The Labute approximate surface area is 41.0 Å². The van der Waals surface area contributed by atoms with Crippen molar-refractivity contribution in [1.29, 1.82) is 0 Å². The standard InChI is InChI=1S/C4H7NS/c1-4-2-5-3-6-4/h2-3,5-6H,1H3. The first-order valence-electron chi connectivity index (χ1n) is 1.85. The number of thiol groups is 1. The first kappa shape index (κ1) is 3.93. The van der Waals surface area contributed by atoms with Crippen molar-refractivity contribution in [2.75, 3.05) is 0 Å². The van der Waals surface area contributed by atoms with Gasteiger partial charge >= 0.3 is 0 Å². The molecule has 0 saturated heterocycles. The minimum atomic E-state index is 1.31. The Morgan fingerprint density at radius 1 is 1.83 bits per heavy atom. The lowest BCUT2D eigenvalue weighted by molar-refractivity contribution is 1.34. The van der Waals surface area contributed by atoms with E-state index in [1.54, 1.807) is 0 Å². The molecule has 1 rings (SSSR count). The average molecular weight is 101 g/mol. The lowest BCUT2D eigenvalue weighted by atomic mass is 10.7. The van der Waals surface area contributed by atoms with E-state index < -0.39 is 0 Å². The second kappa shape index (κ2) is 1.47. The summed E-state index contributed by atoms with van der Waals surface area (Å²) in [4.78, 5) is 1.38. The summed E-state index contributed by atoms with van der Waals surface area (Å²) in [5.41, 5.74) is 2.01. The number of hydrogen-bond acceptors (Lipinski definition) is 1. The number of hydrogen-bond donors (Lipinski definition) is 2. The van der Waals surface area contributed by atoms with Crippen LogP contribution >= 0.6 is 11.4 Å². The van der Waals surface area contributed by atoms with Gasteiger partial charge in [0, 0.05) is 11.7 Å². The highest BCUT2D eigenvalue weighted by molar-refractivity contribution is 8.01. The number of nitrogens with one attached hydrogen (secondary N) is 1. The van der Waals surface area contributed by atoms with Crippen LogP contribution in [0.3, 0.4) is 0 Å². The zero-order chi connectivity index (χ0) is 4.41. The molecule has 0 fully saturated rings. The molecule has 2 heteroatoms. The van der Waals surface area contributed by atoms with E-state index in [-0.39, 0.29) is 0 Å². The van der Waals surface area contributed by atoms with E-state index in [2.05, 4.69) is 12.2 Å². The zero-order valence-corrected chi connectivity index (χ0v) is 4.50. The fourth-order valence-electron chi connectivity index (χ4n) is 0.334. The molecule has 0 aromatic heterocycles. The largest absolute Gasteiger partial charge is 0.362 e. The molecule has 0 aromatic carbocycles. The lowest BCUT2D eigenvalue weighted by Gasteiger charge is -1.74. The Hall–Kier alpha value is -0.240. The molecule has 0 unspecified atom stereocenters. The lowest BCUT2D eigenvalue weighted by Crippen LogP contribution is -1.91. The maximum atomic E-state index is 2.97. The molecule has 1 N–H and O–H groups in total. The molecule has 6 heavy (non-hydrogen) atoms. The molecule has 1 nitrogen and oxygen atoms in total. The van der Waals surface area contributed by atoms with Gasteiger partial charge in [-0.3, -0.25) is 0 Å². The molecule has 0 aromatic rings. The van der Waals surface area contributed by atoms with Crippen LogP contribution in [-0.4, -0.2) is 5.49 Å². The normalized spacial score (nSPS) is 18.5. The van der Waals surface area contributed by atoms with Gasteiger partial charge in [-0.25, -0.2) is 0 Å². The van der Waals surface area contributed by atoms with Crippen molar-refractivity contribution in [1.82, 2.24) is 5.32 Å². The van der Waals surface area contributed by atoms with Crippen molar-refractivity contribution in [3.05, 3.63) is 11.1 Å². The first-order valence-corrected chi connectivity index (χ1v) is 2.81. The zero-order valence-electron chi connectivity index (χ0n) is 3.60. The van der Waals surface area contributed by atoms with Crippen molar-refractivity contribution in [2.24, 2.45) is 0 Å². The van der Waals surface area contributed by atoms with Crippen LogP contribution in [0.1, 0.15) is 6.92 Å². The van der Waals surface area contributed by atoms with Crippen LogP contribution < -0.4 is 5.32 Å². The van der Waals surface area contributed by atoms with Crippen molar-refractivity contribution in [3.63, 3.8) is 0 Å². The summed E-state index contributed by atoms with van der Waals surface area (Å²) in [6, 6.07) is 0. The highest BCUT2D eigenvalue weighted by Gasteiger charge is 1.81. The monoisotopic (exact) mass is 101 g/mol. The smallest absolute Gasteiger partial charge is 0.0263 e. The third-order valence-electron chi connectivity index (χ3n) is 0.635. The highest BCUT2D eigenvalue weighted by atomic mass is 32.1. The summed E-state index contributed by atoms with van der Waals surface area (Å²) in [7, 11) is 0. The van der Waals surface area contributed by atoms with Gasteiger partial charge in [0.2, 0.25) is 0 Å². The highest BCUT2D eigenvalue weighted by Crippen LogP contribution is 2.04. The van der Waals surface area contributed by atoms with Gasteiger partial charge in [0.25, 0.3) is 0 Å². The van der Waals surface area contributed by atoms with Gasteiger partial charge in [0.1, 0.15) is 0 Å². The molecule has 0 amide bonds. The van der Waals surface area contributed by atoms with Crippen molar-refractivity contribution < 1.29 is 0 Å². The van der Waals surface area contributed by atoms with Crippen molar-refractivity contribution in [2.45, 2.75) is 6.92 Å². The Bertz CT molecular complexity index is 101. The molecule has 1 aliphatic rings. The molecular weight excluding hydrogens is 94.1 g/mol. The van der Waals surface area contributed by atoms with Gasteiger partial charge in [-0.1, -0.05) is 0 Å². The van der Waals surface area contributed by atoms with Crippen LogP contribution in [0.5, 0.6) is 0 Å². The summed E-state index contributed by atoms with van der Waals surface area (Å²) in [5, 5.41) is 2.97. The minimum absolute atomic E-state index is 1.31. The molecule has 0 atom stereocenters. The molecule has 1 heterocycles. The predicted octanol–water partition coefficient (Wildman–Crippen LogP) is 0.676. The minimum Gasteiger partial charge on any atom is -0.362 e. The topological polar surface area (TPSA) is 12.0 Å². The third-order valence-corrected chi connectivity index (χ3v) is 1.45. The van der Waals surface area contributed by atoms with E-state index in [4.69, 9.17) is 0 Å². The number of allylic oxidation sites excluding steroid dienone is 1. The number of rotatable bonds is 0. The molecular formula is C4H7NS. The Balaban J connectivity index is 2.68. The quantitative estimate of drug-likeness (QED) is 0.338. The second-order valence-electron chi connectivity index (χ2n) is 1.21. The van der Waals surface area contributed by atoms with Gasteiger partial charge in [0.15, 0.2) is 0 Å². The van der Waals surface area contributed by atoms with Crippen LogP contribution in [0.25, 0.3) is 0 Å². The van der Waals surface area contributed by atoms with E-state index in [1.165, 1.54) is 16.3 Å². The predicted molar refractivity (Wildman–Crippen MR) is 31.9 cm³/mol. The van der Waals surface area contributed by atoms with E-state index in [0.717, 1.165) is 0 Å². The fraction of sp³-hybridized carbons (Fsp3) is 0.250. The molecule has 1 aliphatic heterocycles. The Kier molecular flexibility index (Phi) is 0.965. The van der Waals surface area contributed by atoms with Crippen molar-refractivity contribution in [3.8, 4) is 0 Å². The first-order chi connectivity index (χ1) is 2.89. The average Bonchev–Trinajstić information content (AvgIpc) is 1.86. The van der Waals surface area contributed by atoms with Gasteiger partial charge in [-0.15, -0.1) is 0 Å².